The van der Waals surface area contributed by atoms with Gasteiger partial charge in [-0.15, -0.1) is 0 Å². The smallest absolute Gasteiger partial charge is 0.173 e. The molecule has 0 N–H and O–H groups in total. The fourth-order valence-electron chi connectivity index (χ4n) is 0.835. The molecule has 0 atom stereocenters. The Balaban J connectivity index is 3.26. The normalized spacial score (nSPS) is 10.8. The lowest BCUT2D eigenvalue weighted by Crippen LogP contribution is -1.92. The van der Waals surface area contributed by atoms with Crippen molar-refractivity contribution in [3.8, 4) is 6.07 Å². The van der Waals surface area contributed by atoms with Gasteiger partial charge in [-0.3, -0.25) is 0 Å². The van der Waals surface area contributed by atoms with Crippen LogP contribution in [0, 0.1) is 18.3 Å². The van der Waals surface area contributed by atoms with Crippen molar-refractivity contribution in [2.75, 3.05) is 0 Å². The second-order valence-electron chi connectivity index (χ2n) is 2.72. The summed E-state index contributed by atoms with van der Waals surface area (Å²) in [6.07, 6.45) is 3.08. The van der Waals surface area contributed by atoms with Crippen LogP contribution in [0.15, 0.2) is 23.8 Å². The highest BCUT2D eigenvalue weighted by molar-refractivity contribution is 5.94. The van der Waals surface area contributed by atoms with Crippen LogP contribution in [0.1, 0.15) is 18.3 Å². The SMILES string of the molecule is C=CC(C)=Nc1nc(C)ncc1C#N. The molecule has 0 bridgehead atoms. The third-order valence-corrected chi connectivity index (χ3v) is 1.59. The van der Waals surface area contributed by atoms with E-state index in [1.54, 1.807) is 19.9 Å². The van der Waals surface area contributed by atoms with Gasteiger partial charge in [0.2, 0.25) is 0 Å². The van der Waals surface area contributed by atoms with E-state index in [0.717, 1.165) is 5.71 Å². The van der Waals surface area contributed by atoms with Gasteiger partial charge < -0.3 is 0 Å². The van der Waals surface area contributed by atoms with E-state index in [4.69, 9.17) is 5.26 Å². The summed E-state index contributed by atoms with van der Waals surface area (Å²) in [5.74, 6) is 0.997. The molecular weight excluding hydrogens is 176 g/mol. The number of allylic oxidation sites excluding steroid dienone is 1. The van der Waals surface area contributed by atoms with Gasteiger partial charge in [0.25, 0.3) is 0 Å². The summed E-state index contributed by atoms with van der Waals surface area (Å²) >= 11 is 0. The molecule has 0 fully saturated rings. The van der Waals surface area contributed by atoms with Crippen LogP contribution < -0.4 is 0 Å². The van der Waals surface area contributed by atoms with Crippen LogP contribution in [-0.2, 0) is 0 Å². The van der Waals surface area contributed by atoms with Gasteiger partial charge in [0.15, 0.2) is 5.82 Å². The molecule has 4 heteroatoms. The van der Waals surface area contributed by atoms with E-state index in [1.165, 1.54) is 6.20 Å². The van der Waals surface area contributed by atoms with Crippen molar-refractivity contribution in [2.24, 2.45) is 4.99 Å². The molecule has 0 spiro atoms. The molecule has 0 radical (unpaired) electrons. The van der Waals surface area contributed by atoms with Crippen LogP contribution in [-0.4, -0.2) is 15.7 Å². The Morgan fingerprint density at radius 3 is 3.00 bits per heavy atom. The second-order valence-corrected chi connectivity index (χ2v) is 2.72. The predicted octanol–water partition coefficient (Wildman–Crippen LogP) is 1.94. The maximum absolute atomic E-state index is 8.77. The van der Waals surface area contributed by atoms with Gasteiger partial charge in [-0.1, -0.05) is 6.58 Å². The molecule has 0 unspecified atom stereocenters. The van der Waals surface area contributed by atoms with Crippen molar-refractivity contribution in [1.82, 2.24) is 9.97 Å². The predicted molar refractivity (Wildman–Crippen MR) is 54.5 cm³/mol. The van der Waals surface area contributed by atoms with E-state index < -0.39 is 0 Å². The van der Waals surface area contributed by atoms with E-state index in [-0.39, 0.29) is 0 Å². The topological polar surface area (TPSA) is 61.9 Å². The van der Waals surface area contributed by atoms with Crippen LogP contribution in [0.4, 0.5) is 5.82 Å². The number of hydrogen-bond acceptors (Lipinski definition) is 4. The Morgan fingerprint density at radius 2 is 2.43 bits per heavy atom. The van der Waals surface area contributed by atoms with Crippen molar-refractivity contribution in [2.45, 2.75) is 13.8 Å². The number of nitriles is 1. The summed E-state index contributed by atoms with van der Waals surface area (Å²) in [5.41, 5.74) is 1.09. The summed E-state index contributed by atoms with van der Waals surface area (Å²) in [7, 11) is 0. The Kier molecular flexibility index (Phi) is 3.08. The molecule has 0 aliphatic heterocycles. The maximum atomic E-state index is 8.77. The monoisotopic (exact) mass is 186 g/mol. The van der Waals surface area contributed by atoms with Crippen molar-refractivity contribution in [3.63, 3.8) is 0 Å². The van der Waals surface area contributed by atoms with Crippen molar-refractivity contribution >= 4 is 11.5 Å². The molecule has 4 nitrogen and oxygen atoms in total. The number of nitrogens with zero attached hydrogens (tertiary/aromatic N) is 4. The summed E-state index contributed by atoms with van der Waals surface area (Å²) < 4.78 is 0. The summed E-state index contributed by atoms with van der Waals surface area (Å²) in [6, 6.07) is 1.99. The molecule has 14 heavy (non-hydrogen) atoms. The first-order chi connectivity index (χ1) is 6.67. The average molecular weight is 186 g/mol. The molecule has 0 saturated heterocycles. The highest BCUT2D eigenvalue weighted by atomic mass is 15.0. The van der Waals surface area contributed by atoms with Gasteiger partial charge in [-0.05, 0) is 19.9 Å². The Bertz CT molecular complexity index is 426. The molecule has 1 aromatic heterocycles. The third-order valence-electron chi connectivity index (χ3n) is 1.59. The fourth-order valence-corrected chi connectivity index (χ4v) is 0.835. The van der Waals surface area contributed by atoms with Gasteiger partial charge in [-0.2, -0.15) is 5.26 Å². The third kappa shape index (κ3) is 2.23. The fraction of sp³-hybridized carbons (Fsp3) is 0.200. The Morgan fingerprint density at radius 1 is 1.71 bits per heavy atom. The second kappa shape index (κ2) is 4.28. The van der Waals surface area contributed by atoms with Crippen LogP contribution in [0.3, 0.4) is 0 Å². The molecule has 0 aliphatic carbocycles. The number of aryl methyl sites for hydroxylation is 1. The summed E-state index contributed by atoms with van der Waals surface area (Å²) in [6.45, 7) is 7.13. The zero-order chi connectivity index (χ0) is 10.6. The molecular formula is C10H10N4. The Hall–Kier alpha value is -2.02. The van der Waals surface area contributed by atoms with E-state index in [9.17, 15) is 0 Å². The largest absolute Gasteiger partial charge is 0.240 e. The molecule has 0 aromatic carbocycles. The molecule has 1 aromatic rings. The van der Waals surface area contributed by atoms with Crippen LogP contribution in [0.5, 0.6) is 0 Å². The van der Waals surface area contributed by atoms with Gasteiger partial charge in [0.1, 0.15) is 17.5 Å². The van der Waals surface area contributed by atoms with Gasteiger partial charge in [-0.25, -0.2) is 15.0 Å². The number of aromatic nitrogens is 2. The molecule has 1 heterocycles. The van der Waals surface area contributed by atoms with E-state index in [1.807, 2.05) is 6.07 Å². The number of aliphatic imine (C=N–C) groups is 1. The first kappa shape index (κ1) is 10.1. The summed E-state index contributed by atoms with van der Waals surface area (Å²) in [4.78, 5) is 12.1. The van der Waals surface area contributed by atoms with Crippen molar-refractivity contribution in [3.05, 3.63) is 30.2 Å². The number of hydrogen-bond donors (Lipinski definition) is 0. The van der Waals surface area contributed by atoms with Crippen LogP contribution >= 0.6 is 0 Å². The van der Waals surface area contributed by atoms with Crippen molar-refractivity contribution < 1.29 is 0 Å². The minimum absolute atomic E-state index is 0.372. The minimum Gasteiger partial charge on any atom is -0.240 e. The highest BCUT2D eigenvalue weighted by Crippen LogP contribution is 2.14. The van der Waals surface area contributed by atoms with Gasteiger partial charge >= 0.3 is 0 Å². The van der Waals surface area contributed by atoms with Crippen molar-refractivity contribution in [1.29, 1.82) is 5.26 Å². The minimum atomic E-state index is 0.372. The molecule has 0 saturated carbocycles. The average Bonchev–Trinajstić information content (AvgIpc) is 2.18. The van der Waals surface area contributed by atoms with E-state index in [2.05, 4.69) is 21.5 Å². The standard InChI is InChI=1S/C10H10N4/c1-4-7(2)13-10-9(5-11)6-12-8(3)14-10/h4,6H,1H2,2-3H3. The molecule has 70 valence electrons. The van der Waals surface area contributed by atoms with E-state index >= 15 is 0 Å². The lowest BCUT2D eigenvalue weighted by molar-refractivity contribution is 1.04. The molecule has 1 rings (SSSR count). The highest BCUT2D eigenvalue weighted by Gasteiger charge is 2.02. The van der Waals surface area contributed by atoms with Crippen LogP contribution in [0.25, 0.3) is 0 Å². The molecule has 0 amide bonds. The Labute approximate surface area is 82.7 Å². The number of rotatable bonds is 2. The van der Waals surface area contributed by atoms with Gasteiger partial charge in [0.05, 0.1) is 6.20 Å². The summed E-state index contributed by atoms with van der Waals surface area (Å²) in [5, 5.41) is 8.77. The lowest BCUT2D eigenvalue weighted by Gasteiger charge is -1.98. The zero-order valence-electron chi connectivity index (χ0n) is 8.15. The van der Waals surface area contributed by atoms with E-state index in [0.29, 0.717) is 17.2 Å². The maximum Gasteiger partial charge on any atom is 0.173 e. The van der Waals surface area contributed by atoms with Gasteiger partial charge in [0, 0.05) is 5.71 Å². The zero-order valence-corrected chi connectivity index (χ0v) is 8.15. The van der Waals surface area contributed by atoms with Crippen LogP contribution in [0.2, 0.25) is 0 Å². The quantitative estimate of drug-likeness (QED) is 0.663. The first-order valence-corrected chi connectivity index (χ1v) is 4.09. The lowest BCUT2D eigenvalue weighted by atomic mass is 10.3. The first-order valence-electron chi connectivity index (χ1n) is 4.09. The molecule has 0 aliphatic rings.